The van der Waals surface area contributed by atoms with Crippen molar-refractivity contribution in [2.24, 2.45) is 0 Å². The topological polar surface area (TPSA) is 60.4 Å². The first-order valence-electron chi connectivity index (χ1n) is 6.97. The van der Waals surface area contributed by atoms with Crippen LogP contribution in [-0.4, -0.2) is 40.8 Å². The van der Waals surface area contributed by atoms with Crippen molar-refractivity contribution < 1.29 is 9.47 Å². The number of rotatable bonds is 4. The van der Waals surface area contributed by atoms with E-state index in [1.807, 2.05) is 19.2 Å². The summed E-state index contributed by atoms with van der Waals surface area (Å²) in [6.45, 7) is 6.09. The van der Waals surface area contributed by atoms with Crippen LogP contribution in [0.3, 0.4) is 0 Å². The molecule has 1 unspecified atom stereocenters. The first-order chi connectivity index (χ1) is 10.2. The summed E-state index contributed by atoms with van der Waals surface area (Å²) >= 11 is 1.61. The van der Waals surface area contributed by atoms with E-state index in [1.165, 1.54) is 0 Å². The number of hydrogen-bond acceptors (Lipinski definition) is 7. The van der Waals surface area contributed by atoms with Gasteiger partial charge in [0.25, 0.3) is 5.88 Å². The summed E-state index contributed by atoms with van der Waals surface area (Å²) < 4.78 is 11.6. The lowest BCUT2D eigenvalue weighted by Gasteiger charge is -2.33. The van der Waals surface area contributed by atoms with E-state index in [2.05, 4.69) is 19.9 Å². The Labute approximate surface area is 127 Å². The molecule has 0 aliphatic carbocycles. The summed E-state index contributed by atoms with van der Waals surface area (Å²) in [5.74, 6) is 1.35. The van der Waals surface area contributed by atoms with Gasteiger partial charge in [-0.1, -0.05) is 0 Å². The van der Waals surface area contributed by atoms with Crippen LogP contribution in [0.1, 0.15) is 25.0 Å². The van der Waals surface area contributed by atoms with E-state index in [4.69, 9.17) is 9.47 Å². The third-order valence-corrected chi connectivity index (χ3v) is 3.95. The Morgan fingerprint density at radius 1 is 1.29 bits per heavy atom. The van der Waals surface area contributed by atoms with Crippen LogP contribution >= 0.6 is 11.3 Å². The number of nitrogens with zero attached hydrogens (tertiary/aromatic N) is 4. The molecular weight excluding hydrogens is 288 g/mol. The molecule has 6 nitrogen and oxygen atoms in total. The van der Waals surface area contributed by atoms with Crippen LogP contribution in [-0.2, 0) is 4.74 Å². The van der Waals surface area contributed by atoms with Gasteiger partial charge in [0.2, 0.25) is 0 Å². The van der Waals surface area contributed by atoms with Crippen LogP contribution in [0.5, 0.6) is 5.88 Å². The van der Waals surface area contributed by atoms with Crippen LogP contribution in [0.15, 0.2) is 24.0 Å². The fraction of sp³-hybridized carbons (Fsp3) is 0.500. The zero-order valence-electron chi connectivity index (χ0n) is 12.1. The van der Waals surface area contributed by atoms with Crippen molar-refractivity contribution in [3.8, 4) is 5.88 Å². The van der Waals surface area contributed by atoms with Gasteiger partial charge in [-0.3, -0.25) is 0 Å². The molecule has 0 aromatic carbocycles. The molecule has 2 aromatic rings. The minimum Gasteiger partial charge on any atom is -0.472 e. The molecule has 21 heavy (non-hydrogen) atoms. The van der Waals surface area contributed by atoms with E-state index in [0.29, 0.717) is 19.0 Å². The first kappa shape index (κ1) is 14.2. The normalized spacial score (nSPS) is 19.0. The van der Waals surface area contributed by atoms with E-state index in [1.54, 1.807) is 29.9 Å². The van der Waals surface area contributed by atoms with E-state index in [9.17, 15) is 0 Å². The zero-order chi connectivity index (χ0) is 14.7. The van der Waals surface area contributed by atoms with Crippen molar-refractivity contribution in [1.29, 1.82) is 0 Å². The number of thiazole rings is 1. The highest BCUT2D eigenvalue weighted by Gasteiger charge is 2.27. The predicted octanol–water partition coefficient (Wildman–Crippen LogP) is 2.30. The van der Waals surface area contributed by atoms with Crippen molar-refractivity contribution >= 4 is 17.2 Å². The number of morpholine rings is 1. The summed E-state index contributed by atoms with van der Waals surface area (Å²) in [5.41, 5.74) is 0. The minimum absolute atomic E-state index is 0.0207. The summed E-state index contributed by atoms with van der Waals surface area (Å²) in [6, 6.07) is 0. The maximum Gasteiger partial charge on any atom is 0.257 e. The highest BCUT2D eigenvalue weighted by Crippen LogP contribution is 2.30. The average molecular weight is 306 g/mol. The Hall–Kier alpha value is -1.73. The molecule has 112 valence electrons. The van der Waals surface area contributed by atoms with Gasteiger partial charge in [0.15, 0.2) is 5.82 Å². The second-order valence-electron chi connectivity index (χ2n) is 5.03. The van der Waals surface area contributed by atoms with Gasteiger partial charge < -0.3 is 14.4 Å². The lowest BCUT2D eigenvalue weighted by molar-refractivity contribution is 0.0390. The Kier molecular flexibility index (Phi) is 4.31. The number of aromatic nitrogens is 3. The number of ether oxygens (including phenoxy) is 2. The standard InChI is InChI=1S/C14H18N4O2S/c1-10(2)20-13-12(15-3-4-16-13)18-6-7-19-11(9-18)14-17-5-8-21-14/h3-5,8,10-11H,6-7,9H2,1-2H3. The van der Waals surface area contributed by atoms with Crippen LogP contribution in [0.2, 0.25) is 0 Å². The van der Waals surface area contributed by atoms with Gasteiger partial charge in [0, 0.05) is 30.5 Å². The molecule has 0 spiro atoms. The maximum absolute atomic E-state index is 5.81. The first-order valence-corrected chi connectivity index (χ1v) is 7.85. The van der Waals surface area contributed by atoms with Gasteiger partial charge in [0.05, 0.1) is 19.3 Å². The zero-order valence-corrected chi connectivity index (χ0v) is 12.9. The van der Waals surface area contributed by atoms with Crippen molar-refractivity contribution in [1.82, 2.24) is 15.0 Å². The van der Waals surface area contributed by atoms with Crippen molar-refractivity contribution in [2.45, 2.75) is 26.1 Å². The Balaban J connectivity index is 1.80. The van der Waals surface area contributed by atoms with Gasteiger partial charge in [0.1, 0.15) is 11.1 Å². The molecule has 0 radical (unpaired) electrons. The van der Waals surface area contributed by atoms with Gasteiger partial charge in [-0.05, 0) is 13.8 Å². The molecule has 3 rings (SSSR count). The lowest BCUT2D eigenvalue weighted by Crippen LogP contribution is -2.39. The largest absolute Gasteiger partial charge is 0.472 e. The Bertz CT molecular complexity index is 576. The Morgan fingerprint density at radius 2 is 2.14 bits per heavy atom. The number of anilines is 1. The molecule has 1 atom stereocenters. The minimum atomic E-state index is -0.0207. The molecule has 2 aromatic heterocycles. The summed E-state index contributed by atoms with van der Waals surface area (Å²) in [5, 5.41) is 2.96. The monoisotopic (exact) mass is 306 g/mol. The van der Waals surface area contributed by atoms with E-state index in [-0.39, 0.29) is 12.2 Å². The third kappa shape index (κ3) is 3.30. The molecule has 0 amide bonds. The molecule has 3 heterocycles. The molecule has 7 heteroatoms. The highest BCUT2D eigenvalue weighted by molar-refractivity contribution is 7.09. The molecule has 0 bridgehead atoms. The lowest BCUT2D eigenvalue weighted by atomic mass is 10.3. The van der Waals surface area contributed by atoms with Gasteiger partial charge in [-0.15, -0.1) is 11.3 Å². The second-order valence-corrected chi connectivity index (χ2v) is 5.95. The summed E-state index contributed by atoms with van der Waals surface area (Å²) in [7, 11) is 0. The Morgan fingerprint density at radius 3 is 2.90 bits per heavy atom. The summed E-state index contributed by atoms with van der Waals surface area (Å²) in [6.07, 6.45) is 5.19. The predicted molar refractivity (Wildman–Crippen MR) is 80.8 cm³/mol. The molecule has 0 N–H and O–H groups in total. The van der Waals surface area contributed by atoms with Crippen molar-refractivity contribution in [3.63, 3.8) is 0 Å². The average Bonchev–Trinajstić information content (AvgIpc) is 3.02. The fourth-order valence-corrected chi connectivity index (χ4v) is 2.90. The smallest absolute Gasteiger partial charge is 0.257 e. The van der Waals surface area contributed by atoms with Crippen LogP contribution in [0.4, 0.5) is 5.82 Å². The van der Waals surface area contributed by atoms with E-state index >= 15 is 0 Å². The van der Waals surface area contributed by atoms with Crippen LogP contribution < -0.4 is 9.64 Å². The molecule has 1 aliphatic rings. The molecule has 0 saturated carbocycles. The van der Waals surface area contributed by atoms with E-state index in [0.717, 1.165) is 17.4 Å². The quantitative estimate of drug-likeness (QED) is 0.864. The van der Waals surface area contributed by atoms with Crippen LogP contribution in [0.25, 0.3) is 0 Å². The van der Waals surface area contributed by atoms with Gasteiger partial charge in [-0.2, -0.15) is 0 Å². The van der Waals surface area contributed by atoms with Crippen molar-refractivity contribution in [2.75, 3.05) is 24.6 Å². The fourth-order valence-electron chi connectivity index (χ4n) is 2.23. The molecular formula is C14H18N4O2S. The van der Waals surface area contributed by atoms with Gasteiger partial charge >= 0.3 is 0 Å². The molecule has 1 fully saturated rings. The van der Waals surface area contributed by atoms with Gasteiger partial charge in [-0.25, -0.2) is 15.0 Å². The van der Waals surface area contributed by atoms with E-state index < -0.39 is 0 Å². The highest BCUT2D eigenvalue weighted by atomic mass is 32.1. The maximum atomic E-state index is 5.81. The summed E-state index contributed by atoms with van der Waals surface area (Å²) in [4.78, 5) is 15.2. The molecule has 1 aliphatic heterocycles. The molecule has 1 saturated heterocycles. The SMILES string of the molecule is CC(C)Oc1nccnc1N1CCOC(c2nccs2)C1. The van der Waals surface area contributed by atoms with Crippen LogP contribution in [0, 0.1) is 0 Å². The van der Waals surface area contributed by atoms with Crippen molar-refractivity contribution in [3.05, 3.63) is 29.0 Å². The number of hydrogen-bond donors (Lipinski definition) is 0. The second kappa shape index (κ2) is 6.36. The third-order valence-electron chi connectivity index (χ3n) is 3.09.